The Bertz CT molecular complexity index is 1830. The smallest absolute Gasteiger partial charge is 0.282 e. The minimum Gasteiger partial charge on any atom is -0.496 e. The van der Waals surface area contributed by atoms with Gasteiger partial charge in [-0.25, -0.2) is 4.98 Å². The fourth-order valence-corrected chi connectivity index (χ4v) is 5.02. The molecule has 0 unspecified atom stereocenters. The number of hydrogen-bond acceptors (Lipinski definition) is 5. The van der Waals surface area contributed by atoms with E-state index in [1.54, 1.807) is 31.5 Å². The van der Waals surface area contributed by atoms with Gasteiger partial charge in [-0.05, 0) is 78.1 Å². The van der Waals surface area contributed by atoms with Crippen LogP contribution in [0, 0.1) is 6.92 Å². The molecule has 0 aliphatic carbocycles. The average Bonchev–Trinajstić information content (AvgIpc) is 2.96. The molecule has 0 saturated carbocycles. The Morgan fingerprint density at radius 3 is 2.44 bits per heavy atom. The number of para-hydroxylation sites is 1. The van der Waals surface area contributed by atoms with E-state index in [-0.39, 0.29) is 18.1 Å². The number of ether oxygens (including phenoxy) is 2. The van der Waals surface area contributed by atoms with Gasteiger partial charge in [0.05, 0.1) is 29.2 Å². The normalized spacial score (nSPS) is 11.5. The van der Waals surface area contributed by atoms with Crippen molar-refractivity contribution in [3.05, 3.63) is 122 Å². The Hall–Kier alpha value is -4.13. The Morgan fingerprint density at radius 2 is 1.71 bits per heavy atom. The van der Waals surface area contributed by atoms with Gasteiger partial charge >= 0.3 is 0 Å². The van der Waals surface area contributed by atoms with Crippen LogP contribution in [-0.2, 0) is 6.61 Å². The lowest BCUT2D eigenvalue weighted by Crippen LogP contribution is -2.20. The van der Waals surface area contributed by atoms with E-state index in [0.717, 1.165) is 28.0 Å². The number of halogens is 2. The molecule has 0 fully saturated rings. The van der Waals surface area contributed by atoms with Crippen LogP contribution >= 0.6 is 23.2 Å². The van der Waals surface area contributed by atoms with Gasteiger partial charge in [0.25, 0.3) is 5.56 Å². The molecular weight excluding hydrogens is 557 g/mol. The van der Waals surface area contributed by atoms with Crippen LogP contribution in [0.4, 0.5) is 0 Å². The van der Waals surface area contributed by atoms with E-state index in [1.807, 2.05) is 67.6 Å². The van der Waals surface area contributed by atoms with E-state index in [4.69, 9.17) is 37.7 Å². The average molecular weight is 587 g/mol. The zero-order chi connectivity index (χ0) is 29.1. The monoisotopic (exact) mass is 585 g/mol. The van der Waals surface area contributed by atoms with Crippen LogP contribution in [0.5, 0.6) is 11.5 Å². The first-order chi connectivity index (χ1) is 19.8. The number of rotatable bonds is 8. The molecule has 0 radical (unpaired) electrons. The predicted molar refractivity (Wildman–Crippen MR) is 167 cm³/mol. The summed E-state index contributed by atoms with van der Waals surface area (Å²) in [6.45, 7) is 6.45. The second-order valence-corrected chi connectivity index (χ2v) is 10.8. The van der Waals surface area contributed by atoms with Crippen LogP contribution in [0.25, 0.3) is 22.3 Å². The first-order valence-electron chi connectivity index (χ1n) is 13.2. The van der Waals surface area contributed by atoms with Crippen LogP contribution in [-0.4, -0.2) is 23.0 Å². The lowest BCUT2D eigenvalue weighted by molar-refractivity contribution is 0.306. The van der Waals surface area contributed by atoms with E-state index in [9.17, 15) is 4.79 Å². The molecule has 0 spiro atoms. The fraction of sp³-hybridized carbons (Fsp3) is 0.182. The van der Waals surface area contributed by atoms with Gasteiger partial charge in [-0.3, -0.25) is 4.79 Å². The summed E-state index contributed by atoms with van der Waals surface area (Å²) >= 11 is 12.8. The minimum absolute atomic E-state index is 0.203. The molecule has 208 valence electrons. The molecule has 8 heteroatoms. The highest BCUT2D eigenvalue weighted by Gasteiger charge is 2.18. The van der Waals surface area contributed by atoms with Crippen molar-refractivity contribution in [3.63, 3.8) is 0 Å². The molecule has 1 aromatic heterocycles. The summed E-state index contributed by atoms with van der Waals surface area (Å²) in [4.78, 5) is 18.6. The molecule has 1 heterocycles. The highest BCUT2D eigenvalue weighted by molar-refractivity contribution is 6.32. The van der Waals surface area contributed by atoms with Crippen molar-refractivity contribution >= 4 is 40.3 Å². The molecular formula is C33H29Cl2N3O3. The fourth-order valence-electron chi connectivity index (χ4n) is 4.58. The van der Waals surface area contributed by atoms with Crippen molar-refractivity contribution in [2.45, 2.75) is 33.3 Å². The Morgan fingerprint density at radius 1 is 0.951 bits per heavy atom. The minimum atomic E-state index is -0.269. The SMILES string of the molecule is COc1cc(C)c(-c2nc3ccccc3c(=O)n2N=Cc2ccc(OCc3ccccc3Cl)c(Cl)c2)cc1C(C)C. The van der Waals surface area contributed by atoms with Gasteiger partial charge in [-0.15, -0.1) is 0 Å². The first-order valence-corrected chi connectivity index (χ1v) is 13.9. The topological polar surface area (TPSA) is 65.7 Å². The molecule has 5 rings (SSSR count). The lowest BCUT2D eigenvalue weighted by atomic mass is 9.96. The summed E-state index contributed by atoms with van der Waals surface area (Å²) in [6.07, 6.45) is 1.59. The number of nitrogens with zero attached hydrogens (tertiary/aromatic N) is 3. The molecule has 0 saturated heterocycles. The van der Waals surface area contributed by atoms with Gasteiger partial charge < -0.3 is 9.47 Å². The number of methoxy groups -OCH3 is 1. The standard InChI is InChI=1S/C33H29Cl2N3O3/c1-20(2)25-17-26(21(3)15-31(25)40-4)32-37-29-12-8-6-10-24(29)33(39)38(32)36-18-22-13-14-30(28(35)16-22)41-19-23-9-5-7-11-27(23)34/h5-18,20H,19H2,1-4H3. The molecule has 4 aromatic carbocycles. The van der Waals surface area contributed by atoms with Gasteiger partial charge in [0.2, 0.25) is 0 Å². The number of benzene rings is 4. The third kappa shape index (κ3) is 5.99. The second kappa shape index (κ2) is 12.2. The van der Waals surface area contributed by atoms with E-state index in [2.05, 4.69) is 18.9 Å². The molecule has 5 aromatic rings. The lowest BCUT2D eigenvalue weighted by Gasteiger charge is -2.17. The maximum atomic E-state index is 13.7. The Labute approximate surface area is 248 Å². The maximum Gasteiger partial charge on any atom is 0.282 e. The van der Waals surface area contributed by atoms with Crippen molar-refractivity contribution < 1.29 is 9.47 Å². The van der Waals surface area contributed by atoms with E-state index >= 15 is 0 Å². The largest absolute Gasteiger partial charge is 0.496 e. The van der Waals surface area contributed by atoms with Crippen LogP contribution < -0.4 is 15.0 Å². The van der Waals surface area contributed by atoms with Gasteiger partial charge in [0.15, 0.2) is 5.82 Å². The van der Waals surface area contributed by atoms with Crippen LogP contribution in [0.15, 0.2) is 88.8 Å². The highest BCUT2D eigenvalue weighted by Crippen LogP contribution is 2.34. The second-order valence-electron chi connectivity index (χ2n) is 9.95. The summed E-state index contributed by atoms with van der Waals surface area (Å²) in [6, 6.07) is 24.1. The zero-order valence-corrected chi connectivity index (χ0v) is 24.7. The number of aryl methyl sites for hydroxylation is 1. The highest BCUT2D eigenvalue weighted by atomic mass is 35.5. The van der Waals surface area contributed by atoms with E-state index in [0.29, 0.717) is 38.1 Å². The Kier molecular flexibility index (Phi) is 8.43. The number of hydrogen-bond donors (Lipinski definition) is 0. The van der Waals surface area contributed by atoms with Crippen molar-refractivity contribution in [3.8, 4) is 22.9 Å². The van der Waals surface area contributed by atoms with Gasteiger partial charge in [0.1, 0.15) is 18.1 Å². The predicted octanol–water partition coefficient (Wildman–Crippen LogP) is 8.27. The van der Waals surface area contributed by atoms with E-state index < -0.39 is 0 Å². The van der Waals surface area contributed by atoms with Crippen molar-refractivity contribution in [2.24, 2.45) is 5.10 Å². The third-order valence-corrected chi connectivity index (χ3v) is 7.48. The molecule has 6 nitrogen and oxygen atoms in total. The summed E-state index contributed by atoms with van der Waals surface area (Å²) in [5.41, 5.74) is 4.63. The summed E-state index contributed by atoms with van der Waals surface area (Å²) in [7, 11) is 1.66. The molecule has 0 atom stereocenters. The molecule has 0 aliphatic rings. The van der Waals surface area contributed by atoms with Crippen LogP contribution in [0.2, 0.25) is 10.0 Å². The van der Waals surface area contributed by atoms with Gasteiger partial charge in [-0.2, -0.15) is 9.78 Å². The maximum absolute atomic E-state index is 13.7. The van der Waals surface area contributed by atoms with Crippen LogP contribution in [0.1, 0.15) is 42.0 Å². The third-order valence-electron chi connectivity index (χ3n) is 6.81. The van der Waals surface area contributed by atoms with Crippen molar-refractivity contribution in [1.29, 1.82) is 0 Å². The molecule has 0 amide bonds. The summed E-state index contributed by atoms with van der Waals surface area (Å²) in [5, 5.41) is 6.13. The quantitative estimate of drug-likeness (QED) is 0.172. The van der Waals surface area contributed by atoms with Crippen LogP contribution in [0.3, 0.4) is 0 Å². The molecule has 41 heavy (non-hydrogen) atoms. The van der Waals surface area contributed by atoms with E-state index in [1.165, 1.54) is 4.68 Å². The summed E-state index contributed by atoms with van der Waals surface area (Å²) < 4.78 is 12.9. The summed E-state index contributed by atoms with van der Waals surface area (Å²) in [5.74, 6) is 1.96. The van der Waals surface area contributed by atoms with Crippen molar-refractivity contribution in [2.75, 3.05) is 7.11 Å². The van der Waals surface area contributed by atoms with Gasteiger partial charge in [-0.1, -0.05) is 67.4 Å². The Balaban J connectivity index is 1.54. The van der Waals surface area contributed by atoms with Gasteiger partial charge in [0, 0.05) is 16.1 Å². The number of fused-ring (bicyclic) bond motifs is 1. The molecule has 0 aliphatic heterocycles. The number of aromatic nitrogens is 2. The van der Waals surface area contributed by atoms with Crippen molar-refractivity contribution in [1.82, 2.24) is 9.66 Å². The zero-order valence-electron chi connectivity index (χ0n) is 23.2. The first kappa shape index (κ1) is 28.4. The molecule has 0 bridgehead atoms. The molecule has 0 N–H and O–H groups in total.